The number of halogens is 1. The van der Waals surface area contributed by atoms with Gasteiger partial charge in [0.2, 0.25) is 0 Å². The molecule has 2 heterocycles. The summed E-state index contributed by atoms with van der Waals surface area (Å²) in [5.41, 5.74) is 3.94. The minimum atomic E-state index is -5.84. The van der Waals surface area contributed by atoms with E-state index in [1.807, 2.05) is 6.92 Å². The molecule has 402 valence electrons. The molecule has 0 radical (unpaired) electrons. The SMILES string of the molecule is CCCCCCCCCCCCCCCCOC(=O)Oc1ccc(COP(=O)(OCc2ccc(OC(=O)CCCC)cc2)OP(=O)(O)OP(=O)(O)OC[C@@H]2O[C@H](n3cc(F)c(N)nc3=O)CS2)cc1.N.N. The van der Waals surface area contributed by atoms with Crippen LogP contribution in [0.2, 0.25) is 0 Å². The van der Waals surface area contributed by atoms with Crippen molar-refractivity contribution < 1.29 is 78.6 Å². The number of hydrogen-bond acceptors (Lipinski definition) is 20. The number of phosphoric ester groups is 2. The molecule has 1 aliphatic rings. The monoisotopic (exact) mass is 1090 g/mol. The summed E-state index contributed by atoms with van der Waals surface area (Å²) in [4.78, 5) is 60.8. The molecule has 10 N–H and O–H groups in total. The van der Waals surface area contributed by atoms with Gasteiger partial charge in [-0.1, -0.05) is 128 Å². The van der Waals surface area contributed by atoms with Gasteiger partial charge in [0.05, 0.1) is 32.6 Å². The highest BCUT2D eigenvalue weighted by Crippen LogP contribution is 2.69. The lowest BCUT2D eigenvalue weighted by atomic mass is 10.0. The van der Waals surface area contributed by atoms with Crippen LogP contribution in [0.4, 0.5) is 15.0 Å². The Hall–Kier alpha value is -3.57. The molecule has 5 atom stereocenters. The molecule has 3 unspecified atom stereocenters. The number of esters is 1. The summed E-state index contributed by atoms with van der Waals surface area (Å²) in [7, 11) is -16.5. The van der Waals surface area contributed by atoms with Gasteiger partial charge in [-0.3, -0.25) is 22.9 Å². The van der Waals surface area contributed by atoms with Crippen molar-refractivity contribution in [2.75, 3.05) is 24.7 Å². The van der Waals surface area contributed by atoms with E-state index in [2.05, 4.69) is 16.2 Å². The second kappa shape index (κ2) is 33.3. The number of ether oxygens (including phenoxy) is 4. The van der Waals surface area contributed by atoms with Crippen molar-refractivity contribution >= 4 is 53.2 Å². The predicted octanol–water partition coefficient (Wildman–Crippen LogP) is 11.8. The molecule has 1 aliphatic heterocycles. The Balaban J connectivity index is 0.00000864. The summed E-state index contributed by atoms with van der Waals surface area (Å²) < 4.78 is 101. The van der Waals surface area contributed by atoms with Crippen molar-refractivity contribution in [1.82, 2.24) is 21.9 Å². The number of anilines is 1. The Morgan fingerprint density at radius 3 is 1.79 bits per heavy atom. The molecular formula is C44H71FN5O17P3S. The zero-order chi connectivity index (χ0) is 50.1. The van der Waals surface area contributed by atoms with Crippen LogP contribution in [0.5, 0.6) is 11.5 Å². The Labute approximate surface area is 418 Å². The van der Waals surface area contributed by atoms with Gasteiger partial charge in [0, 0.05) is 12.2 Å². The summed E-state index contributed by atoms with van der Waals surface area (Å²) in [6.07, 6.45) is 17.3. The second-order valence-corrected chi connectivity index (χ2v) is 22.1. The number of phosphoric acid groups is 3. The average molecular weight is 1090 g/mol. The molecule has 27 heteroatoms. The summed E-state index contributed by atoms with van der Waals surface area (Å²) in [5, 5.41) is 0. The fourth-order valence-electron chi connectivity index (χ4n) is 6.57. The van der Waals surface area contributed by atoms with Gasteiger partial charge in [-0.05, 0) is 48.2 Å². The van der Waals surface area contributed by atoms with E-state index in [9.17, 15) is 42.3 Å². The molecule has 4 rings (SSSR count). The first-order chi connectivity index (χ1) is 33.0. The number of thioether (sulfide) groups is 1. The van der Waals surface area contributed by atoms with Crippen LogP contribution in [0, 0.1) is 5.82 Å². The molecular weight excluding hydrogens is 1010 g/mol. The molecule has 0 amide bonds. The van der Waals surface area contributed by atoms with Gasteiger partial charge in [0.15, 0.2) is 11.6 Å². The van der Waals surface area contributed by atoms with Gasteiger partial charge < -0.3 is 46.8 Å². The average Bonchev–Trinajstić information content (AvgIpc) is 3.78. The maximum atomic E-state index is 14.0. The summed E-state index contributed by atoms with van der Waals surface area (Å²) in [5.74, 6) is -1.65. The van der Waals surface area contributed by atoms with E-state index in [0.717, 1.165) is 48.2 Å². The Bertz CT molecular complexity index is 2250. The number of hydrogen-bond donors (Lipinski definition) is 5. The van der Waals surface area contributed by atoms with Gasteiger partial charge in [0.25, 0.3) is 0 Å². The molecule has 1 aromatic heterocycles. The van der Waals surface area contributed by atoms with Crippen LogP contribution in [-0.4, -0.2) is 55.9 Å². The zero-order valence-electron chi connectivity index (χ0n) is 40.4. The highest BCUT2D eigenvalue weighted by molar-refractivity contribution is 8.00. The molecule has 1 saturated heterocycles. The first kappa shape index (κ1) is 63.5. The number of rotatable bonds is 34. The van der Waals surface area contributed by atoms with Gasteiger partial charge in [0.1, 0.15) is 23.2 Å². The third-order valence-electron chi connectivity index (χ3n) is 10.3. The van der Waals surface area contributed by atoms with Crippen molar-refractivity contribution in [3.8, 4) is 11.5 Å². The minimum Gasteiger partial charge on any atom is -0.434 e. The van der Waals surface area contributed by atoms with E-state index in [0.29, 0.717) is 18.4 Å². The summed E-state index contributed by atoms with van der Waals surface area (Å²) in [6, 6.07) is 11.4. The molecule has 71 heavy (non-hydrogen) atoms. The van der Waals surface area contributed by atoms with E-state index in [-0.39, 0.29) is 48.1 Å². The van der Waals surface area contributed by atoms with Crippen molar-refractivity contribution in [3.05, 3.63) is 82.2 Å². The van der Waals surface area contributed by atoms with Crippen LogP contribution in [0.15, 0.2) is 59.5 Å². The maximum Gasteiger partial charge on any atom is 0.513 e. The van der Waals surface area contributed by atoms with Gasteiger partial charge in [-0.15, -0.1) is 11.8 Å². The summed E-state index contributed by atoms with van der Waals surface area (Å²) >= 11 is 0.983. The van der Waals surface area contributed by atoms with Crippen LogP contribution in [0.3, 0.4) is 0 Å². The number of nitrogen functional groups attached to an aromatic ring is 1. The zero-order valence-corrected chi connectivity index (χ0v) is 43.9. The number of aromatic nitrogens is 2. The van der Waals surface area contributed by atoms with Crippen LogP contribution in [-0.2, 0) is 63.4 Å². The van der Waals surface area contributed by atoms with E-state index in [1.54, 1.807) is 0 Å². The van der Waals surface area contributed by atoms with Crippen molar-refractivity contribution in [2.24, 2.45) is 0 Å². The van der Waals surface area contributed by atoms with Gasteiger partial charge >= 0.3 is 41.3 Å². The molecule has 2 aromatic carbocycles. The molecule has 0 aliphatic carbocycles. The van der Waals surface area contributed by atoms with E-state index >= 15 is 0 Å². The lowest BCUT2D eigenvalue weighted by Gasteiger charge is -2.22. The maximum absolute atomic E-state index is 14.0. The summed E-state index contributed by atoms with van der Waals surface area (Å²) in [6.45, 7) is 2.45. The van der Waals surface area contributed by atoms with E-state index in [4.69, 9.17) is 42.6 Å². The third kappa shape index (κ3) is 25.3. The van der Waals surface area contributed by atoms with Crippen molar-refractivity contribution in [1.29, 1.82) is 0 Å². The first-order valence-corrected chi connectivity index (χ1v) is 28.6. The van der Waals surface area contributed by atoms with Crippen molar-refractivity contribution in [2.45, 2.75) is 148 Å². The normalized spacial score (nSPS) is 16.9. The molecule has 0 spiro atoms. The highest BCUT2D eigenvalue weighted by Gasteiger charge is 2.44. The predicted molar refractivity (Wildman–Crippen MR) is 265 cm³/mol. The van der Waals surface area contributed by atoms with Crippen molar-refractivity contribution in [3.63, 3.8) is 0 Å². The second-order valence-electron chi connectivity index (χ2n) is 16.1. The number of carbonyl (C=O) groups excluding carboxylic acids is 2. The standard InChI is InChI=1S/C44H65FN3O17P3S.2H3N/c1-3-5-7-8-9-10-11-12-13-14-15-16-17-18-28-57-44(51)62-37-26-22-35(23-27-37)31-60-68(56,59-30-34-20-24-36(25-21-34)61-40(49)19-6-4-2)65-67(54,55)64-66(52,53)58-32-41-63-39(33-69-41)48-29-38(45)42(46)47-43(48)50;;/h20-27,29,39,41H,3-19,28,30-33H2,1-2H3,(H,52,53)(H,54,55)(H2,46,47,50);2*1H3/t39-,41+,68?;;/m0../s1. The Morgan fingerprint density at radius 2 is 1.25 bits per heavy atom. The smallest absolute Gasteiger partial charge is 0.434 e. The number of benzene rings is 2. The van der Waals surface area contributed by atoms with Gasteiger partial charge in [-0.2, -0.15) is 13.6 Å². The molecule has 22 nitrogen and oxygen atoms in total. The largest absolute Gasteiger partial charge is 0.513 e. The first-order valence-electron chi connectivity index (χ1n) is 23.1. The fraction of sp³-hybridized carbons (Fsp3) is 0.591. The lowest BCUT2D eigenvalue weighted by molar-refractivity contribution is -0.134. The highest BCUT2D eigenvalue weighted by atomic mass is 32.2. The molecule has 0 saturated carbocycles. The Kier molecular flexibility index (Phi) is 29.8. The van der Waals surface area contributed by atoms with Crippen LogP contribution >= 0.6 is 35.2 Å². The Morgan fingerprint density at radius 1 is 0.746 bits per heavy atom. The van der Waals surface area contributed by atoms with Crippen LogP contribution in [0.1, 0.15) is 140 Å². The number of unbranched alkanes of at least 4 members (excludes halogenated alkanes) is 14. The molecule has 3 aromatic rings. The quantitative estimate of drug-likeness (QED) is 0.0122. The lowest BCUT2D eigenvalue weighted by Crippen LogP contribution is -2.30. The third-order valence-corrected chi connectivity index (χ3v) is 16.0. The van der Waals surface area contributed by atoms with E-state index in [1.165, 1.54) is 113 Å². The topological polar surface area (TPSA) is 340 Å². The number of nitrogens with two attached hydrogens (primary N) is 1. The fourth-order valence-corrected chi connectivity index (χ4v) is 11.7. The van der Waals surface area contributed by atoms with Gasteiger partial charge in [-0.25, -0.2) is 27.7 Å². The van der Waals surface area contributed by atoms with Crippen LogP contribution in [0.25, 0.3) is 0 Å². The molecule has 1 fully saturated rings. The van der Waals surface area contributed by atoms with Crippen LogP contribution < -0.4 is 33.2 Å². The van der Waals surface area contributed by atoms with E-state index < -0.39 is 84.4 Å². The number of carbonyl (C=O) groups is 2. The minimum absolute atomic E-state index is 0. The number of nitrogens with zero attached hydrogens (tertiary/aromatic N) is 2. The molecule has 0 bridgehead atoms.